The van der Waals surface area contributed by atoms with Crippen LogP contribution in [-0.4, -0.2) is 20.9 Å². The molecule has 160 valence electrons. The molecule has 32 heavy (non-hydrogen) atoms. The van der Waals surface area contributed by atoms with Crippen molar-refractivity contribution in [1.29, 1.82) is 0 Å². The van der Waals surface area contributed by atoms with Crippen molar-refractivity contribution in [2.24, 2.45) is 0 Å². The molecule has 1 aromatic heterocycles. The van der Waals surface area contributed by atoms with Crippen LogP contribution in [0.3, 0.4) is 0 Å². The van der Waals surface area contributed by atoms with Crippen molar-refractivity contribution < 1.29 is 9.72 Å². The lowest BCUT2D eigenvalue weighted by Gasteiger charge is -2.15. The number of fused-ring (bicyclic) bond motifs is 1. The van der Waals surface area contributed by atoms with Gasteiger partial charge >= 0.3 is 6.03 Å². The topological polar surface area (TPSA) is 142 Å². The summed E-state index contributed by atoms with van der Waals surface area (Å²) in [5.74, 6) is 0. The van der Waals surface area contributed by atoms with Gasteiger partial charge in [0.1, 0.15) is 0 Å². The number of benzene rings is 3. The van der Waals surface area contributed by atoms with E-state index in [0.717, 1.165) is 11.9 Å². The molecule has 1 heterocycles. The van der Waals surface area contributed by atoms with Gasteiger partial charge in [0.15, 0.2) is 5.52 Å². The van der Waals surface area contributed by atoms with Crippen molar-refractivity contribution >= 4 is 45.4 Å². The number of nitro groups is 1. The van der Waals surface area contributed by atoms with Crippen LogP contribution in [0.1, 0.15) is 5.56 Å². The molecule has 4 rings (SSSR count). The highest BCUT2D eigenvalue weighted by atomic mass is 16.6. The van der Waals surface area contributed by atoms with E-state index < -0.39 is 16.5 Å². The lowest BCUT2D eigenvalue weighted by Crippen LogP contribution is -2.20. The maximum Gasteiger partial charge on any atom is 0.323 e. The van der Waals surface area contributed by atoms with Gasteiger partial charge in [-0.2, -0.15) is 0 Å². The SMILES string of the molecule is Cc1cccc(NC(=O)Nc2ccccc2Nc2ccc([N+](=O)[O-])c3nc[nH]c(=O)c23)c1. The Morgan fingerprint density at radius 1 is 1.00 bits per heavy atom. The summed E-state index contributed by atoms with van der Waals surface area (Å²) in [6.45, 7) is 1.92. The summed E-state index contributed by atoms with van der Waals surface area (Å²) in [7, 11) is 0. The number of aromatic amines is 1. The molecule has 0 radical (unpaired) electrons. The summed E-state index contributed by atoms with van der Waals surface area (Å²) < 4.78 is 0. The summed E-state index contributed by atoms with van der Waals surface area (Å²) in [6, 6.07) is 16.5. The molecule has 0 saturated carbocycles. The van der Waals surface area contributed by atoms with Crippen molar-refractivity contribution in [3.8, 4) is 0 Å². The molecule has 0 aliphatic rings. The van der Waals surface area contributed by atoms with Crippen LogP contribution < -0.4 is 21.5 Å². The van der Waals surface area contributed by atoms with Gasteiger partial charge in [0.2, 0.25) is 0 Å². The number of carbonyl (C=O) groups is 1. The molecule has 4 N–H and O–H groups in total. The van der Waals surface area contributed by atoms with Crippen LogP contribution in [0.5, 0.6) is 0 Å². The minimum atomic E-state index is -0.594. The third-order valence-electron chi connectivity index (χ3n) is 4.69. The van der Waals surface area contributed by atoms with Crippen LogP contribution in [0.2, 0.25) is 0 Å². The summed E-state index contributed by atoms with van der Waals surface area (Å²) >= 11 is 0. The second-order valence-corrected chi connectivity index (χ2v) is 6.96. The normalized spacial score (nSPS) is 10.5. The lowest BCUT2D eigenvalue weighted by molar-refractivity contribution is -0.383. The smallest absolute Gasteiger partial charge is 0.323 e. The summed E-state index contributed by atoms with van der Waals surface area (Å²) in [6.07, 6.45) is 1.12. The van der Waals surface area contributed by atoms with Crippen molar-refractivity contribution in [1.82, 2.24) is 9.97 Å². The van der Waals surface area contributed by atoms with Crippen LogP contribution >= 0.6 is 0 Å². The standard InChI is InChI=1S/C22H18N6O4/c1-13-5-4-6-14(11-13)25-22(30)27-16-8-3-2-7-15(16)26-17-9-10-18(28(31)32)20-19(17)21(29)24-12-23-20/h2-12,26H,1H3,(H,23,24,29)(H2,25,27,30). The first-order valence-corrected chi connectivity index (χ1v) is 9.58. The number of aryl methyl sites for hydroxylation is 1. The number of nitro benzene ring substituents is 1. The van der Waals surface area contributed by atoms with Gasteiger partial charge in [0.25, 0.3) is 11.2 Å². The second-order valence-electron chi connectivity index (χ2n) is 6.96. The number of para-hydroxylation sites is 2. The first-order chi connectivity index (χ1) is 15.4. The Morgan fingerprint density at radius 3 is 2.53 bits per heavy atom. The molecule has 2 amide bonds. The number of urea groups is 1. The number of nitrogens with zero attached hydrogens (tertiary/aromatic N) is 2. The highest BCUT2D eigenvalue weighted by molar-refractivity contribution is 6.03. The number of nitrogens with one attached hydrogen (secondary N) is 4. The molecule has 10 nitrogen and oxygen atoms in total. The maximum atomic E-state index is 12.5. The molecular formula is C22H18N6O4. The average molecular weight is 430 g/mol. The zero-order chi connectivity index (χ0) is 22.7. The molecule has 0 aliphatic heterocycles. The predicted octanol–water partition coefficient (Wildman–Crippen LogP) is 4.53. The molecule has 0 atom stereocenters. The Kier molecular flexibility index (Phi) is 5.49. The Balaban J connectivity index is 1.65. The van der Waals surface area contributed by atoms with Crippen LogP contribution in [0.25, 0.3) is 10.9 Å². The van der Waals surface area contributed by atoms with E-state index >= 15 is 0 Å². The predicted molar refractivity (Wildman–Crippen MR) is 123 cm³/mol. The van der Waals surface area contributed by atoms with Crippen molar-refractivity contribution in [2.45, 2.75) is 6.92 Å². The lowest BCUT2D eigenvalue weighted by atomic mass is 10.1. The molecule has 0 aliphatic carbocycles. The van der Waals surface area contributed by atoms with E-state index in [-0.39, 0.29) is 16.6 Å². The molecular weight excluding hydrogens is 412 g/mol. The average Bonchev–Trinajstić information content (AvgIpc) is 2.75. The van der Waals surface area contributed by atoms with Gasteiger partial charge in [0, 0.05) is 11.8 Å². The van der Waals surface area contributed by atoms with E-state index in [9.17, 15) is 19.7 Å². The van der Waals surface area contributed by atoms with E-state index in [1.807, 2.05) is 25.1 Å². The fourth-order valence-corrected chi connectivity index (χ4v) is 3.27. The molecule has 0 bridgehead atoms. The van der Waals surface area contributed by atoms with E-state index in [0.29, 0.717) is 22.7 Å². The fourth-order valence-electron chi connectivity index (χ4n) is 3.27. The Hall–Kier alpha value is -4.73. The zero-order valence-electron chi connectivity index (χ0n) is 16.9. The number of hydrogen-bond donors (Lipinski definition) is 4. The molecule has 10 heteroatoms. The van der Waals surface area contributed by atoms with Crippen molar-refractivity contribution in [2.75, 3.05) is 16.0 Å². The minimum absolute atomic E-state index is 0.0358. The largest absolute Gasteiger partial charge is 0.353 e. The Bertz CT molecular complexity index is 1400. The maximum absolute atomic E-state index is 12.5. The summed E-state index contributed by atoms with van der Waals surface area (Å²) in [5.41, 5.74) is 2.07. The highest BCUT2D eigenvalue weighted by Crippen LogP contribution is 2.32. The monoisotopic (exact) mass is 430 g/mol. The number of H-pyrrole nitrogens is 1. The number of amides is 2. The van der Waals surface area contributed by atoms with Crippen molar-refractivity contribution in [3.05, 3.63) is 93.0 Å². The van der Waals surface area contributed by atoms with E-state index in [4.69, 9.17) is 0 Å². The van der Waals surface area contributed by atoms with Crippen LogP contribution in [0, 0.1) is 17.0 Å². The first-order valence-electron chi connectivity index (χ1n) is 9.58. The van der Waals surface area contributed by atoms with Crippen molar-refractivity contribution in [3.63, 3.8) is 0 Å². The van der Waals surface area contributed by atoms with Gasteiger partial charge in [-0.15, -0.1) is 0 Å². The van der Waals surface area contributed by atoms with E-state index in [1.54, 1.807) is 30.3 Å². The number of hydrogen-bond acceptors (Lipinski definition) is 6. The molecule has 0 fully saturated rings. The summed E-state index contributed by atoms with van der Waals surface area (Å²) in [5, 5.41) is 20.0. The Morgan fingerprint density at radius 2 is 1.78 bits per heavy atom. The summed E-state index contributed by atoms with van der Waals surface area (Å²) in [4.78, 5) is 42.1. The number of carbonyl (C=O) groups excluding carboxylic acids is 1. The number of aromatic nitrogens is 2. The fraction of sp³-hybridized carbons (Fsp3) is 0.0455. The molecule has 4 aromatic rings. The van der Waals surface area contributed by atoms with Gasteiger partial charge in [-0.05, 0) is 42.8 Å². The Labute approximate surface area is 181 Å². The molecule has 0 unspecified atom stereocenters. The van der Waals surface area contributed by atoms with Crippen LogP contribution in [-0.2, 0) is 0 Å². The number of rotatable bonds is 5. The molecule has 0 spiro atoms. The molecule has 0 saturated heterocycles. The highest BCUT2D eigenvalue weighted by Gasteiger charge is 2.19. The van der Waals surface area contributed by atoms with E-state index in [1.165, 1.54) is 12.1 Å². The minimum Gasteiger partial charge on any atom is -0.353 e. The van der Waals surface area contributed by atoms with Crippen LogP contribution in [0.15, 0.2) is 71.8 Å². The third-order valence-corrected chi connectivity index (χ3v) is 4.69. The van der Waals surface area contributed by atoms with E-state index in [2.05, 4.69) is 25.9 Å². The van der Waals surface area contributed by atoms with Gasteiger partial charge in [0.05, 0.1) is 33.7 Å². The quantitative estimate of drug-likeness (QED) is 0.271. The third kappa shape index (κ3) is 4.24. The first kappa shape index (κ1) is 20.5. The number of non-ortho nitro benzene ring substituents is 1. The molecule has 3 aromatic carbocycles. The number of anilines is 4. The van der Waals surface area contributed by atoms with Gasteiger partial charge < -0.3 is 20.9 Å². The van der Waals surface area contributed by atoms with Gasteiger partial charge in [-0.1, -0.05) is 24.3 Å². The second kappa shape index (κ2) is 8.56. The van der Waals surface area contributed by atoms with Gasteiger partial charge in [-0.25, -0.2) is 9.78 Å². The van der Waals surface area contributed by atoms with Gasteiger partial charge in [-0.3, -0.25) is 14.9 Å². The van der Waals surface area contributed by atoms with Crippen LogP contribution in [0.4, 0.5) is 33.2 Å². The zero-order valence-corrected chi connectivity index (χ0v) is 16.9.